The van der Waals surface area contributed by atoms with Gasteiger partial charge in [0.1, 0.15) is 0 Å². The van der Waals surface area contributed by atoms with E-state index in [0.717, 1.165) is 22.7 Å². The van der Waals surface area contributed by atoms with E-state index in [0.29, 0.717) is 0 Å². The third-order valence-corrected chi connectivity index (χ3v) is 14.3. The maximum atomic E-state index is 2.45. The fourth-order valence-electron chi connectivity index (χ4n) is 11.1. The van der Waals surface area contributed by atoms with Gasteiger partial charge in [0, 0.05) is 33.5 Å². The maximum Gasteiger partial charge on any atom is 0.0714 e. The Kier molecular flexibility index (Phi) is 9.77. The lowest BCUT2D eigenvalue weighted by Crippen LogP contribution is -2.28. The van der Waals surface area contributed by atoms with Crippen LogP contribution in [0.15, 0.2) is 279 Å². The highest BCUT2D eigenvalue weighted by Gasteiger charge is 2.46. The molecule has 2 nitrogen and oxygen atoms in total. The highest BCUT2D eigenvalue weighted by molar-refractivity contribution is 6.10. The van der Waals surface area contributed by atoms with Gasteiger partial charge < -0.3 is 9.47 Å². The molecule has 0 spiro atoms. The van der Waals surface area contributed by atoms with Crippen molar-refractivity contribution in [1.82, 2.24) is 4.57 Å². The van der Waals surface area contributed by atoms with Crippen LogP contribution in [0.1, 0.15) is 22.3 Å². The van der Waals surface area contributed by atoms with Gasteiger partial charge in [-0.15, -0.1) is 0 Å². The van der Waals surface area contributed by atoms with Gasteiger partial charge >= 0.3 is 0 Å². The summed E-state index contributed by atoms with van der Waals surface area (Å²) in [5.74, 6) is 0. The van der Waals surface area contributed by atoms with Crippen molar-refractivity contribution in [2.75, 3.05) is 4.90 Å². The summed E-state index contributed by atoms with van der Waals surface area (Å²) in [7, 11) is 0. The van der Waals surface area contributed by atoms with E-state index >= 15 is 0 Å². The molecule has 0 saturated carbocycles. The minimum absolute atomic E-state index is 0.505. The molecule has 0 unspecified atom stereocenters. The molecular formula is C67H46N2. The Balaban J connectivity index is 0.898. The highest BCUT2D eigenvalue weighted by Crippen LogP contribution is 2.57. The van der Waals surface area contributed by atoms with Crippen molar-refractivity contribution in [3.8, 4) is 50.2 Å². The zero-order valence-electron chi connectivity index (χ0n) is 38.0. The lowest BCUT2D eigenvalue weighted by molar-refractivity contribution is 0.768. The fourth-order valence-corrected chi connectivity index (χ4v) is 11.1. The first-order chi connectivity index (χ1) is 34.2. The van der Waals surface area contributed by atoms with Crippen molar-refractivity contribution in [2.45, 2.75) is 5.41 Å². The number of benzene rings is 11. The molecule has 0 atom stereocenters. The molecule has 0 N–H and O–H groups in total. The summed E-state index contributed by atoms with van der Waals surface area (Å²) in [6.07, 6.45) is 0. The smallest absolute Gasteiger partial charge is 0.0714 e. The van der Waals surface area contributed by atoms with Crippen LogP contribution in [0.2, 0.25) is 0 Å². The van der Waals surface area contributed by atoms with E-state index in [1.807, 2.05) is 0 Å². The number of hydrogen-bond donors (Lipinski definition) is 0. The first-order valence-corrected chi connectivity index (χ1v) is 23.8. The predicted molar refractivity (Wildman–Crippen MR) is 289 cm³/mol. The molecule has 12 aromatic rings. The van der Waals surface area contributed by atoms with Crippen molar-refractivity contribution >= 4 is 38.9 Å². The second-order valence-electron chi connectivity index (χ2n) is 18.1. The number of rotatable bonds is 9. The van der Waals surface area contributed by atoms with Crippen LogP contribution in [0.5, 0.6) is 0 Å². The first-order valence-electron chi connectivity index (χ1n) is 23.8. The molecule has 13 rings (SSSR count). The molecule has 11 aromatic carbocycles. The van der Waals surface area contributed by atoms with Gasteiger partial charge in [0.05, 0.1) is 16.4 Å². The van der Waals surface area contributed by atoms with Gasteiger partial charge in [-0.25, -0.2) is 0 Å². The third kappa shape index (κ3) is 6.72. The second-order valence-corrected chi connectivity index (χ2v) is 18.1. The predicted octanol–water partition coefficient (Wildman–Crippen LogP) is 17.6. The zero-order valence-corrected chi connectivity index (χ0v) is 38.0. The average molecular weight is 879 g/mol. The van der Waals surface area contributed by atoms with Crippen LogP contribution in [-0.4, -0.2) is 4.57 Å². The largest absolute Gasteiger partial charge is 0.310 e. The lowest BCUT2D eigenvalue weighted by atomic mass is 9.67. The van der Waals surface area contributed by atoms with Crippen LogP contribution in [0.4, 0.5) is 17.1 Å². The maximum absolute atomic E-state index is 2.45. The van der Waals surface area contributed by atoms with Gasteiger partial charge in [0.25, 0.3) is 0 Å². The van der Waals surface area contributed by atoms with Crippen molar-refractivity contribution in [3.63, 3.8) is 0 Å². The lowest BCUT2D eigenvalue weighted by Gasteiger charge is -2.35. The van der Waals surface area contributed by atoms with Crippen LogP contribution >= 0.6 is 0 Å². The van der Waals surface area contributed by atoms with E-state index in [2.05, 4.69) is 289 Å². The minimum atomic E-state index is -0.505. The standard InChI is InChI=1S/C67H46N2/c1-5-17-47(18-6-1)49-33-38-56(39-34-49)68(58-42-44-60-59-25-13-15-27-63(59)67(64(60)46-58,53-19-7-2-8-20-53)54-21-9-3-10-22-54)57-40-35-50(36-41-57)48-29-31-51(32-30-48)52-37-43-62-61-26-14-16-28-65(61)69(66(62)45-52)55-23-11-4-12-24-55/h1-46H. The summed E-state index contributed by atoms with van der Waals surface area (Å²) in [6, 6.07) is 102. The molecule has 1 heterocycles. The Bertz CT molecular complexity index is 3740. The van der Waals surface area contributed by atoms with E-state index in [1.54, 1.807) is 0 Å². The molecule has 1 aliphatic carbocycles. The summed E-state index contributed by atoms with van der Waals surface area (Å²) in [6.45, 7) is 0. The highest BCUT2D eigenvalue weighted by atomic mass is 15.1. The summed E-state index contributed by atoms with van der Waals surface area (Å²) in [5, 5.41) is 2.52. The van der Waals surface area contributed by atoms with Gasteiger partial charge in [-0.3, -0.25) is 0 Å². The number of fused-ring (bicyclic) bond motifs is 6. The normalized spacial score (nSPS) is 12.5. The quantitative estimate of drug-likeness (QED) is 0.140. The first kappa shape index (κ1) is 40.3. The van der Waals surface area contributed by atoms with Crippen molar-refractivity contribution in [2.24, 2.45) is 0 Å². The summed E-state index contributed by atoms with van der Waals surface area (Å²) >= 11 is 0. The monoisotopic (exact) mass is 878 g/mol. The van der Waals surface area contributed by atoms with Gasteiger partial charge in [-0.05, 0) is 127 Å². The SMILES string of the molecule is c1ccc(-c2ccc(N(c3ccc(-c4ccc(-c5ccc6c7ccccc7n(-c7ccccc7)c6c5)cc4)cc3)c3ccc4c(c3)C(c3ccccc3)(c3ccccc3)c3ccccc3-4)cc2)cc1. The third-order valence-electron chi connectivity index (χ3n) is 14.3. The number of para-hydroxylation sites is 2. The molecule has 0 bridgehead atoms. The minimum Gasteiger partial charge on any atom is -0.310 e. The number of aromatic nitrogens is 1. The molecular weight excluding hydrogens is 833 g/mol. The Hall–Kier alpha value is -8.98. The summed E-state index contributed by atoms with van der Waals surface area (Å²) in [4.78, 5) is 2.41. The van der Waals surface area contributed by atoms with Gasteiger partial charge in [-0.2, -0.15) is 0 Å². The van der Waals surface area contributed by atoms with E-state index in [4.69, 9.17) is 0 Å². The van der Waals surface area contributed by atoms with E-state index in [9.17, 15) is 0 Å². The van der Waals surface area contributed by atoms with Gasteiger partial charge in [0.2, 0.25) is 0 Å². The second kappa shape index (κ2) is 16.7. The molecule has 0 saturated heterocycles. The topological polar surface area (TPSA) is 8.17 Å². The zero-order chi connectivity index (χ0) is 45.7. The fraction of sp³-hybridized carbons (Fsp3) is 0.0149. The molecule has 0 aliphatic heterocycles. The molecule has 1 aromatic heterocycles. The van der Waals surface area contributed by atoms with Crippen molar-refractivity contribution in [3.05, 3.63) is 301 Å². The summed E-state index contributed by atoms with van der Waals surface area (Å²) < 4.78 is 2.38. The Morgan fingerprint density at radius 3 is 1.33 bits per heavy atom. The Labute approximate surface area is 403 Å². The van der Waals surface area contributed by atoms with Gasteiger partial charge in [-0.1, -0.05) is 218 Å². The molecule has 2 heteroatoms. The molecule has 0 fully saturated rings. The van der Waals surface area contributed by atoms with Crippen molar-refractivity contribution < 1.29 is 0 Å². The van der Waals surface area contributed by atoms with Crippen LogP contribution in [-0.2, 0) is 5.41 Å². The van der Waals surface area contributed by atoms with Crippen LogP contribution in [0.3, 0.4) is 0 Å². The number of nitrogens with zero attached hydrogens (tertiary/aromatic N) is 2. The number of hydrogen-bond acceptors (Lipinski definition) is 1. The van der Waals surface area contributed by atoms with Crippen LogP contribution in [0, 0.1) is 0 Å². The van der Waals surface area contributed by atoms with E-state index in [-0.39, 0.29) is 0 Å². The summed E-state index contributed by atoms with van der Waals surface area (Å²) in [5.41, 5.74) is 21.1. The molecule has 69 heavy (non-hydrogen) atoms. The molecule has 0 amide bonds. The van der Waals surface area contributed by atoms with Crippen molar-refractivity contribution in [1.29, 1.82) is 0 Å². The molecule has 324 valence electrons. The number of anilines is 3. The van der Waals surface area contributed by atoms with E-state index in [1.165, 1.54) is 88.6 Å². The van der Waals surface area contributed by atoms with Crippen LogP contribution < -0.4 is 4.90 Å². The Morgan fingerprint density at radius 1 is 0.275 bits per heavy atom. The van der Waals surface area contributed by atoms with Crippen LogP contribution in [0.25, 0.3) is 72.0 Å². The Morgan fingerprint density at radius 2 is 0.710 bits per heavy atom. The average Bonchev–Trinajstić information content (AvgIpc) is 3.92. The molecule has 0 radical (unpaired) electrons. The van der Waals surface area contributed by atoms with Gasteiger partial charge in [0.15, 0.2) is 0 Å². The molecule has 1 aliphatic rings. The van der Waals surface area contributed by atoms with E-state index < -0.39 is 5.41 Å².